The highest BCUT2D eigenvalue weighted by Crippen LogP contribution is 2.36. The molecular weight excluding hydrogens is 354 g/mol. The topological polar surface area (TPSA) is 57.6 Å². The van der Waals surface area contributed by atoms with Crippen molar-refractivity contribution in [3.8, 4) is 0 Å². The van der Waals surface area contributed by atoms with E-state index in [0.29, 0.717) is 14.9 Å². The number of thioether (sulfide) groups is 1. The standard InChI is InChI=1S/C19H15NO3S2/c1-2-12-6-8-13(9-7-12)10-16-17(21)20(19(24)25-16)15-5-3-4-14(11-15)18(22)23/h3-11H,2H2,1H3,(H,22,23)/b16-10+. The second-order valence-corrected chi connectivity index (χ2v) is 7.14. The van der Waals surface area contributed by atoms with E-state index in [9.17, 15) is 9.59 Å². The molecule has 25 heavy (non-hydrogen) atoms. The zero-order valence-electron chi connectivity index (χ0n) is 13.4. The lowest BCUT2D eigenvalue weighted by molar-refractivity contribution is -0.113. The lowest BCUT2D eigenvalue weighted by Crippen LogP contribution is -2.27. The molecule has 1 N–H and O–H groups in total. The minimum Gasteiger partial charge on any atom is -0.478 e. The number of anilines is 1. The number of carboxylic acids is 1. The number of carbonyl (C=O) groups is 2. The number of aromatic carboxylic acids is 1. The van der Waals surface area contributed by atoms with Gasteiger partial charge in [0.1, 0.15) is 0 Å². The van der Waals surface area contributed by atoms with E-state index in [4.69, 9.17) is 17.3 Å². The van der Waals surface area contributed by atoms with Crippen molar-refractivity contribution in [3.63, 3.8) is 0 Å². The van der Waals surface area contributed by atoms with Crippen molar-refractivity contribution in [3.05, 3.63) is 70.1 Å². The predicted molar refractivity (Wildman–Crippen MR) is 105 cm³/mol. The van der Waals surface area contributed by atoms with Crippen LogP contribution in [0.4, 0.5) is 5.69 Å². The van der Waals surface area contributed by atoms with Gasteiger partial charge in [-0.3, -0.25) is 9.69 Å². The number of amides is 1. The number of benzene rings is 2. The van der Waals surface area contributed by atoms with Gasteiger partial charge in [-0.2, -0.15) is 0 Å². The van der Waals surface area contributed by atoms with Gasteiger partial charge in [0.25, 0.3) is 5.91 Å². The van der Waals surface area contributed by atoms with Gasteiger partial charge in [0.05, 0.1) is 16.2 Å². The summed E-state index contributed by atoms with van der Waals surface area (Å²) in [6, 6.07) is 14.2. The maximum Gasteiger partial charge on any atom is 0.335 e. The Morgan fingerprint density at radius 2 is 1.96 bits per heavy atom. The van der Waals surface area contributed by atoms with Crippen molar-refractivity contribution >= 4 is 51.9 Å². The van der Waals surface area contributed by atoms with Gasteiger partial charge in [0.15, 0.2) is 4.32 Å². The molecule has 0 radical (unpaired) electrons. The highest BCUT2D eigenvalue weighted by Gasteiger charge is 2.33. The molecule has 1 aliphatic rings. The second kappa shape index (κ2) is 7.21. The Morgan fingerprint density at radius 3 is 2.60 bits per heavy atom. The molecule has 1 amide bonds. The van der Waals surface area contributed by atoms with Crippen LogP contribution in [0.25, 0.3) is 6.08 Å². The van der Waals surface area contributed by atoms with Crippen molar-refractivity contribution in [2.24, 2.45) is 0 Å². The van der Waals surface area contributed by atoms with Crippen LogP contribution in [-0.4, -0.2) is 21.3 Å². The lowest BCUT2D eigenvalue weighted by atomic mass is 10.1. The van der Waals surface area contributed by atoms with Crippen LogP contribution in [-0.2, 0) is 11.2 Å². The average Bonchev–Trinajstić information content (AvgIpc) is 2.89. The largest absolute Gasteiger partial charge is 0.478 e. The number of hydrogen-bond donors (Lipinski definition) is 1. The third kappa shape index (κ3) is 3.65. The van der Waals surface area contributed by atoms with Gasteiger partial charge in [0, 0.05) is 0 Å². The van der Waals surface area contributed by atoms with E-state index in [2.05, 4.69) is 6.92 Å². The van der Waals surface area contributed by atoms with Gasteiger partial charge in [-0.05, 0) is 41.8 Å². The van der Waals surface area contributed by atoms with Gasteiger partial charge in [-0.1, -0.05) is 61.2 Å². The van der Waals surface area contributed by atoms with Crippen molar-refractivity contribution < 1.29 is 14.7 Å². The fourth-order valence-corrected chi connectivity index (χ4v) is 3.77. The molecule has 0 unspecified atom stereocenters. The fourth-order valence-electron chi connectivity index (χ4n) is 2.47. The van der Waals surface area contributed by atoms with Crippen LogP contribution >= 0.6 is 24.0 Å². The van der Waals surface area contributed by atoms with E-state index >= 15 is 0 Å². The Balaban J connectivity index is 1.90. The van der Waals surface area contributed by atoms with E-state index in [1.165, 1.54) is 34.4 Å². The summed E-state index contributed by atoms with van der Waals surface area (Å²) in [5.41, 5.74) is 2.74. The first-order valence-corrected chi connectivity index (χ1v) is 8.92. The predicted octanol–water partition coefficient (Wildman–Crippen LogP) is 4.35. The number of nitrogens with zero attached hydrogens (tertiary/aromatic N) is 1. The van der Waals surface area contributed by atoms with Crippen molar-refractivity contribution in [2.75, 3.05) is 4.90 Å². The molecule has 2 aromatic carbocycles. The molecular formula is C19H15NO3S2. The Kier molecular flexibility index (Phi) is 5.01. The molecule has 4 nitrogen and oxygen atoms in total. The summed E-state index contributed by atoms with van der Waals surface area (Å²) in [5.74, 6) is -1.28. The minimum atomic E-state index is -1.04. The van der Waals surface area contributed by atoms with Gasteiger partial charge in [0.2, 0.25) is 0 Å². The number of aryl methyl sites for hydroxylation is 1. The van der Waals surface area contributed by atoms with E-state index in [-0.39, 0.29) is 11.5 Å². The van der Waals surface area contributed by atoms with Gasteiger partial charge in [-0.25, -0.2) is 4.79 Å². The van der Waals surface area contributed by atoms with Crippen LogP contribution in [0, 0.1) is 0 Å². The summed E-state index contributed by atoms with van der Waals surface area (Å²) in [5, 5.41) is 9.12. The van der Waals surface area contributed by atoms with Crippen LogP contribution < -0.4 is 4.90 Å². The lowest BCUT2D eigenvalue weighted by Gasteiger charge is -2.14. The number of rotatable bonds is 4. The summed E-state index contributed by atoms with van der Waals surface area (Å²) in [6.07, 6.45) is 2.77. The number of carboxylic acid groups (broad SMARTS) is 1. The van der Waals surface area contributed by atoms with Crippen LogP contribution in [0.2, 0.25) is 0 Å². The molecule has 3 rings (SSSR count). The Labute approximate surface area is 155 Å². The van der Waals surface area contributed by atoms with Crippen molar-refractivity contribution in [2.45, 2.75) is 13.3 Å². The number of carbonyl (C=O) groups excluding carboxylic acids is 1. The second-order valence-electron chi connectivity index (χ2n) is 5.47. The van der Waals surface area contributed by atoms with Crippen molar-refractivity contribution in [1.29, 1.82) is 0 Å². The maximum atomic E-state index is 12.7. The van der Waals surface area contributed by atoms with Gasteiger partial charge >= 0.3 is 5.97 Å². The summed E-state index contributed by atoms with van der Waals surface area (Å²) in [7, 11) is 0. The molecule has 1 heterocycles. The van der Waals surface area contributed by atoms with Crippen LogP contribution in [0.1, 0.15) is 28.4 Å². The molecule has 0 aromatic heterocycles. The summed E-state index contributed by atoms with van der Waals surface area (Å²) >= 11 is 6.54. The molecule has 1 saturated heterocycles. The van der Waals surface area contributed by atoms with E-state index in [0.717, 1.165) is 12.0 Å². The first-order chi connectivity index (χ1) is 12.0. The molecule has 6 heteroatoms. The first kappa shape index (κ1) is 17.4. The molecule has 0 spiro atoms. The summed E-state index contributed by atoms with van der Waals surface area (Å²) in [4.78, 5) is 25.8. The monoisotopic (exact) mass is 369 g/mol. The van der Waals surface area contributed by atoms with E-state index in [1.807, 2.05) is 24.3 Å². The Hall–Kier alpha value is -2.44. The highest BCUT2D eigenvalue weighted by molar-refractivity contribution is 8.27. The van der Waals surface area contributed by atoms with Crippen LogP contribution in [0.15, 0.2) is 53.4 Å². The zero-order chi connectivity index (χ0) is 18.0. The molecule has 1 aliphatic heterocycles. The molecule has 126 valence electrons. The molecule has 1 fully saturated rings. The molecule has 2 aromatic rings. The third-order valence-corrected chi connectivity index (χ3v) is 5.13. The normalized spacial score (nSPS) is 15.9. The third-order valence-electron chi connectivity index (χ3n) is 3.83. The molecule has 0 aliphatic carbocycles. The quantitative estimate of drug-likeness (QED) is 0.641. The molecule has 0 atom stereocenters. The smallest absolute Gasteiger partial charge is 0.335 e. The van der Waals surface area contributed by atoms with Crippen molar-refractivity contribution in [1.82, 2.24) is 0 Å². The molecule has 0 bridgehead atoms. The minimum absolute atomic E-state index is 0.116. The van der Waals surface area contributed by atoms with Gasteiger partial charge < -0.3 is 5.11 Å². The molecule has 0 saturated carbocycles. The zero-order valence-corrected chi connectivity index (χ0v) is 15.1. The first-order valence-electron chi connectivity index (χ1n) is 7.70. The summed E-state index contributed by atoms with van der Waals surface area (Å²) < 4.78 is 0.393. The van der Waals surface area contributed by atoms with Gasteiger partial charge in [-0.15, -0.1) is 0 Å². The highest BCUT2D eigenvalue weighted by atomic mass is 32.2. The van der Waals surface area contributed by atoms with E-state index < -0.39 is 5.97 Å². The Bertz CT molecular complexity index is 888. The van der Waals surface area contributed by atoms with Crippen LogP contribution in [0.5, 0.6) is 0 Å². The number of hydrogen-bond acceptors (Lipinski definition) is 4. The Morgan fingerprint density at radius 1 is 1.24 bits per heavy atom. The fraction of sp³-hybridized carbons (Fsp3) is 0.105. The van der Waals surface area contributed by atoms with E-state index in [1.54, 1.807) is 18.2 Å². The number of thiocarbonyl (C=S) groups is 1. The average molecular weight is 369 g/mol. The maximum absolute atomic E-state index is 12.7. The SMILES string of the molecule is CCc1ccc(/C=C2/SC(=S)N(c3cccc(C(=O)O)c3)C2=O)cc1. The van der Waals surface area contributed by atoms with Crippen LogP contribution in [0.3, 0.4) is 0 Å². The summed E-state index contributed by atoms with van der Waals surface area (Å²) in [6.45, 7) is 2.09.